The molecule has 82 heavy (non-hydrogen) atoms. The average molecular weight is 1070 g/mol. The van der Waals surface area contributed by atoms with Crippen molar-refractivity contribution in [3.05, 3.63) is 234 Å². The zero-order chi connectivity index (χ0) is 55.7. The SMILES string of the molecule is CCCCC1(CCCC)c2cc(C)ccc2-c2ccc(N(c3ccc4c(c3)C(CCCC)(CCCC)c3cc(C)ccc3-4)c3ccc4cc(-c5c6ccccc6c(-c6ccc7c(c6)oc6ccccc67)c6ccccc56)ccc4c3)cc21. The zero-order valence-corrected chi connectivity index (χ0v) is 48.9. The highest BCUT2D eigenvalue weighted by atomic mass is 16.3. The first-order chi connectivity index (χ1) is 40.2. The Morgan fingerprint density at radius 3 is 1.21 bits per heavy atom. The summed E-state index contributed by atoms with van der Waals surface area (Å²) in [5.74, 6) is 0. The van der Waals surface area contributed by atoms with Gasteiger partial charge in [0.15, 0.2) is 0 Å². The lowest BCUT2D eigenvalue weighted by Crippen LogP contribution is -2.26. The van der Waals surface area contributed by atoms with Gasteiger partial charge in [-0.2, -0.15) is 0 Å². The molecule has 2 nitrogen and oxygen atoms in total. The van der Waals surface area contributed by atoms with Crippen LogP contribution in [0.25, 0.3) is 98.8 Å². The van der Waals surface area contributed by atoms with E-state index in [1.54, 1.807) is 0 Å². The van der Waals surface area contributed by atoms with E-state index in [4.69, 9.17) is 4.42 Å². The Bertz CT molecular complexity index is 4250. The molecule has 14 rings (SSSR count). The third kappa shape index (κ3) is 8.33. The van der Waals surface area contributed by atoms with Crippen molar-refractivity contribution in [1.29, 1.82) is 0 Å². The largest absolute Gasteiger partial charge is 0.456 e. The summed E-state index contributed by atoms with van der Waals surface area (Å²) in [5.41, 5.74) is 24.7. The van der Waals surface area contributed by atoms with Crippen LogP contribution in [0.2, 0.25) is 0 Å². The first-order valence-electron chi connectivity index (χ1n) is 31.0. The fraction of sp³-hybridized carbons (Fsp3) is 0.250. The molecule has 0 amide bonds. The normalized spacial score (nSPS) is 13.8. The van der Waals surface area contributed by atoms with Gasteiger partial charge in [0, 0.05) is 38.7 Å². The third-order valence-corrected chi connectivity index (χ3v) is 19.3. The minimum absolute atomic E-state index is 0.0360. The fourth-order valence-corrected chi connectivity index (χ4v) is 15.3. The number of unbranched alkanes of at least 4 members (excludes halogenated alkanes) is 4. The molecule has 1 heterocycles. The lowest BCUT2D eigenvalue weighted by Gasteiger charge is -2.35. The van der Waals surface area contributed by atoms with Crippen LogP contribution in [0.3, 0.4) is 0 Å². The van der Waals surface area contributed by atoms with Crippen LogP contribution >= 0.6 is 0 Å². The molecule has 2 aliphatic rings. The van der Waals surface area contributed by atoms with Crippen molar-refractivity contribution in [3.8, 4) is 44.5 Å². The van der Waals surface area contributed by atoms with Gasteiger partial charge in [0.25, 0.3) is 0 Å². The van der Waals surface area contributed by atoms with E-state index in [1.165, 1.54) is 173 Å². The van der Waals surface area contributed by atoms with Gasteiger partial charge in [0.1, 0.15) is 11.2 Å². The van der Waals surface area contributed by atoms with Crippen LogP contribution in [-0.4, -0.2) is 0 Å². The number of benzene rings is 11. The van der Waals surface area contributed by atoms with Crippen molar-refractivity contribution >= 4 is 71.3 Å². The molecule has 12 aromatic rings. The van der Waals surface area contributed by atoms with Crippen LogP contribution in [0.4, 0.5) is 17.1 Å². The second-order valence-corrected chi connectivity index (χ2v) is 24.4. The molecule has 0 radical (unpaired) electrons. The number of furan rings is 1. The summed E-state index contributed by atoms with van der Waals surface area (Å²) < 4.78 is 6.48. The minimum Gasteiger partial charge on any atom is -0.456 e. The van der Waals surface area contributed by atoms with Gasteiger partial charge in [-0.3, -0.25) is 0 Å². The highest BCUT2D eigenvalue weighted by molar-refractivity contribution is 6.22. The molecule has 1 aromatic heterocycles. The minimum atomic E-state index is -0.0360. The van der Waals surface area contributed by atoms with Gasteiger partial charge in [0.05, 0.1) is 0 Å². The van der Waals surface area contributed by atoms with Gasteiger partial charge in [-0.25, -0.2) is 0 Å². The van der Waals surface area contributed by atoms with Crippen LogP contribution in [0.15, 0.2) is 205 Å². The standard InChI is InChI=1S/C80H75NO/c1-7-11-41-79(42-12-8-2)71-45-52(5)27-36-61(71)63-39-34-59(50-73(63)79)81(60-35-40-64-62-37-28-53(6)46-72(62)80(43-13-9-3,44-14-10-4)74(64)51-60)58-33-31-54-47-56(30-29-55(54)48-58)77-67-22-15-17-24-69(67)78(70-25-18-16-23-68(70)77)57-32-38-66-65-21-19-20-26-75(65)82-76(66)49-57/h15-40,45-51H,7-14,41-44H2,1-6H3. The van der Waals surface area contributed by atoms with Crippen molar-refractivity contribution < 1.29 is 4.42 Å². The van der Waals surface area contributed by atoms with E-state index >= 15 is 0 Å². The Morgan fingerprint density at radius 1 is 0.329 bits per heavy atom. The number of hydrogen-bond donors (Lipinski definition) is 0. The number of aryl methyl sites for hydroxylation is 2. The Kier molecular flexibility index (Phi) is 13.3. The predicted molar refractivity (Wildman–Crippen MR) is 352 cm³/mol. The highest BCUT2D eigenvalue weighted by Crippen LogP contribution is 2.58. The summed E-state index contributed by atoms with van der Waals surface area (Å²) in [6, 6.07) is 77.2. The zero-order valence-electron chi connectivity index (χ0n) is 48.9. The Balaban J connectivity index is 0.942. The summed E-state index contributed by atoms with van der Waals surface area (Å²) >= 11 is 0. The molecule has 406 valence electrons. The van der Waals surface area contributed by atoms with E-state index < -0.39 is 0 Å². The summed E-state index contributed by atoms with van der Waals surface area (Å²) in [6.07, 6.45) is 14.2. The highest BCUT2D eigenvalue weighted by Gasteiger charge is 2.44. The second-order valence-electron chi connectivity index (χ2n) is 24.4. The van der Waals surface area contributed by atoms with E-state index in [2.05, 4.69) is 241 Å². The Hall–Kier alpha value is -8.20. The molecular formula is C80H75NO. The maximum atomic E-state index is 6.48. The maximum Gasteiger partial charge on any atom is 0.136 e. The van der Waals surface area contributed by atoms with Crippen LogP contribution in [0, 0.1) is 13.8 Å². The molecule has 0 fully saturated rings. The van der Waals surface area contributed by atoms with Gasteiger partial charge in [-0.05, 0) is 199 Å². The molecule has 0 spiro atoms. The molecule has 0 saturated heterocycles. The van der Waals surface area contributed by atoms with Crippen molar-refractivity contribution in [2.75, 3.05) is 4.90 Å². The van der Waals surface area contributed by atoms with Gasteiger partial charge < -0.3 is 9.32 Å². The number of para-hydroxylation sites is 1. The Labute approximate surface area is 485 Å². The van der Waals surface area contributed by atoms with Crippen molar-refractivity contribution in [1.82, 2.24) is 0 Å². The van der Waals surface area contributed by atoms with E-state index in [0.717, 1.165) is 53.2 Å². The lowest BCUT2D eigenvalue weighted by molar-refractivity contribution is 0.414. The van der Waals surface area contributed by atoms with E-state index in [9.17, 15) is 0 Å². The first kappa shape index (κ1) is 51.9. The third-order valence-electron chi connectivity index (χ3n) is 19.3. The maximum absolute atomic E-state index is 6.48. The van der Waals surface area contributed by atoms with Crippen LogP contribution in [0.1, 0.15) is 138 Å². The number of fused-ring (bicyclic) bond motifs is 12. The smallest absolute Gasteiger partial charge is 0.136 e. The van der Waals surface area contributed by atoms with Gasteiger partial charge in [0.2, 0.25) is 0 Å². The quantitative estimate of drug-likeness (QED) is 0.0845. The molecular weight excluding hydrogens is 991 g/mol. The lowest BCUT2D eigenvalue weighted by atomic mass is 9.70. The fourth-order valence-electron chi connectivity index (χ4n) is 15.3. The molecule has 11 aromatic carbocycles. The number of rotatable bonds is 17. The first-order valence-corrected chi connectivity index (χ1v) is 31.0. The number of anilines is 3. The van der Waals surface area contributed by atoms with E-state index in [-0.39, 0.29) is 10.8 Å². The van der Waals surface area contributed by atoms with Gasteiger partial charge in [-0.15, -0.1) is 0 Å². The molecule has 2 aliphatic carbocycles. The van der Waals surface area contributed by atoms with Crippen LogP contribution in [0.5, 0.6) is 0 Å². The summed E-state index contributed by atoms with van der Waals surface area (Å²) in [4.78, 5) is 2.62. The monoisotopic (exact) mass is 1070 g/mol. The van der Waals surface area contributed by atoms with E-state index in [0.29, 0.717) is 0 Å². The summed E-state index contributed by atoms with van der Waals surface area (Å²) in [5, 5.41) is 9.71. The predicted octanol–water partition coefficient (Wildman–Crippen LogP) is 23.8. The van der Waals surface area contributed by atoms with Crippen LogP contribution < -0.4 is 4.90 Å². The van der Waals surface area contributed by atoms with Crippen molar-refractivity contribution in [3.63, 3.8) is 0 Å². The van der Waals surface area contributed by atoms with Crippen molar-refractivity contribution in [2.45, 2.75) is 129 Å². The number of hydrogen-bond acceptors (Lipinski definition) is 2. The van der Waals surface area contributed by atoms with Crippen molar-refractivity contribution in [2.24, 2.45) is 0 Å². The molecule has 0 aliphatic heterocycles. The molecule has 0 saturated carbocycles. The van der Waals surface area contributed by atoms with Gasteiger partial charge in [-0.1, -0.05) is 230 Å². The molecule has 0 bridgehead atoms. The molecule has 2 heteroatoms. The van der Waals surface area contributed by atoms with Gasteiger partial charge >= 0.3 is 0 Å². The summed E-state index contributed by atoms with van der Waals surface area (Å²) in [7, 11) is 0. The second kappa shape index (κ2) is 21.0. The summed E-state index contributed by atoms with van der Waals surface area (Å²) in [6.45, 7) is 14.0. The molecule has 0 unspecified atom stereocenters. The topological polar surface area (TPSA) is 16.4 Å². The average Bonchev–Trinajstić information content (AvgIpc) is 2.20. The number of nitrogens with zero attached hydrogens (tertiary/aromatic N) is 1. The van der Waals surface area contributed by atoms with Crippen LogP contribution in [-0.2, 0) is 10.8 Å². The molecule has 0 N–H and O–H groups in total. The van der Waals surface area contributed by atoms with E-state index in [1.807, 2.05) is 6.07 Å². The molecule has 0 atom stereocenters. The Morgan fingerprint density at radius 2 is 0.707 bits per heavy atom.